The van der Waals surface area contributed by atoms with Gasteiger partial charge in [-0.05, 0) is 75.2 Å². The molecule has 3 rings (SSSR count). The van der Waals surface area contributed by atoms with E-state index < -0.39 is 0 Å². The van der Waals surface area contributed by atoms with Gasteiger partial charge < -0.3 is 15.8 Å². The Bertz CT molecular complexity index is 505. The van der Waals surface area contributed by atoms with Crippen molar-refractivity contribution in [2.24, 2.45) is 5.92 Å². The fourth-order valence-electron chi connectivity index (χ4n) is 3.11. The lowest BCUT2D eigenvalue weighted by atomic mass is 9.79. The third kappa shape index (κ3) is 7.00. The van der Waals surface area contributed by atoms with Gasteiger partial charge in [-0.25, -0.2) is 4.72 Å². The van der Waals surface area contributed by atoms with Crippen LogP contribution in [0.2, 0.25) is 0 Å². The van der Waals surface area contributed by atoms with E-state index in [4.69, 9.17) is 5.73 Å². The summed E-state index contributed by atoms with van der Waals surface area (Å²) in [7, 11) is 2.06. The smallest absolute Gasteiger partial charge is 0.140 e. The Kier molecular flexibility index (Phi) is 10.2. The van der Waals surface area contributed by atoms with Gasteiger partial charge in [-0.1, -0.05) is 33.3 Å². The molecule has 0 amide bonds. The van der Waals surface area contributed by atoms with Crippen molar-refractivity contribution < 1.29 is 4.79 Å². The summed E-state index contributed by atoms with van der Waals surface area (Å²) in [6.07, 6.45) is 8.26. The van der Waals surface area contributed by atoms with E-state index in [1.807, 2.05) is 38.1 Å². The van der Waals surface area contributed by atoms with Crippen molar-refractivity contribution in [2.45, 2.75) is 75.8 Å². The average molecular weight is 366 g/mol. The Morgan fingerprint density at radius 3 is 2.36 bits per heavy atom. The van der Waals surface area contributed by atoms with Crippen LogP contribution in [0.4, 0.5) is 5.69 Å². The molecule has 2 aliphatic carbocycles. The van der Waals surface area contributed by atoms with E-state index in [0.717, 1.165) is 48.1 Å². The normalized spacial score (nSPS) is 23.4. The first kappa shape index (κ1) is 22.0. The maximum Gasteiger partial charge on any atom is 0.140 e. The van der Waals surface area contributed by atoms with E-state index >= 15 is 0 Å². The summed E-state index contributed by atoms with van der Waals surface area (Å²) in [6, 6.07) is 8.45. The summed E-state index contributed by atoms with van der Waals surface area (Å²) < 4.78 is 3.22. The summed E-state index contributed by atoms with van der Waals surface area (Å²) in [4.78, 5) is 11.9. The minimum Gasteiger partial charge on any atom is -0.399 e. The minimum atomic E-state index is -0.296. The number of nitrogens with one attached hydrogen (secondary N) is 2. The molecule has 1 aromatic rings. The molecule has 142 valence electrons. The Labute approximate surface area is 157 Å². The molecule has 0 spiro atoms. The Morgan fingerprint density at radius 1 is 1.24 bits per heavy atom. The number of nitrogens with two attached hydrogens (primary N) is 1. The van der Waals surface area contributed by atoms with Gasteiger partial charge in [0, 0.05) is 16.6 Å². The molecule has 0 radical (unpaired) electrons. The van der Waals surface area contributed by atoms with Crippen LogP contribution in [0.25, 0.3) is 0 Å². The van der Waals surface area contributed by atoms with Gasteiger partial charge in [-0.2, -0.15) is 0 Å². The highest BCUT2D eigenvalue weighted by Crippen LogP contribution is 2.33. The van der Waals surface area contributed by atoms with Crippen LogP contribution < -0.4 is 15.8 Å². The van der Waals surface area contributed by atoms with Crippen LogP contribution in [0.3, 0.4) is 0 Å². The van der Waals surface area contributed by atoms with Gasteiger partial charge in [-0.15, -0.1) is 0 Å². The lowest BCUT2D eigenvalue weighted by molar-refractivity contribution is -0.115. The highest BCUT2D eigenvalue weighted by atomic mass is 32.2. The van der Waals surface area contributed by atoms with Crippen LogP contribution in [0.1, 0.15) is 59.3 Å². The zero-order valence-corrected chi connectivity index (χ0v) is 17.0. The van der Waals surface area contributed by atoms with Crippen molar-refractivity contribution in [3.05, 3.63) is 24.3 Å². The number of hydrogen-bond donors (Lipinski definition) is 3. The van der Waals surface area contributed by atoms with Crippen LogP contribution in [0, 0.1) is 5.92 Å². The van der Waals surface area contributed by atoms with Gasteiger partial charge >= 0.3 is 0 Å². The fourth-order valence-corrected chi connectivity index (χ4v) is 4.03. The van der Waals surface area contributed by atoms with Gasteiger partial charge in [-0.3, -0.25) is 0 Å². The molecule has 4 N–H and O–H groups in total. The molecular formula is C20H35N3OS. The van der Waals surface area contributed by atoms with E-state index in [-0.39, 0.29) is 5.54 Å². The summed E-state index contributed by atoms with van der Waals surface area (Å²) in [5.74, 6) is 0.917. The topological polar surface area (TPSA) is 67.2 Å². The highest BCUT2D eigenvalue weighted by Gasteiger charge is 2.36. The second-order valence-electron chi connectivity index (χ2n) is 6.71. The van der Waals surface area contributed by atoms with Crippen molar-refractivity contribution >= 4 is 23.9 Å². The van der Waals surface area contributed by atoms with Crippen LogP contribution in [0.15, 0.2) is 29.2 Å². The molecule has 1 aromatic carbocycles. The first-order valence-corrected chi connectivity index (χ1v) is 10.3. The first-order valence-electron chi connectivity index (χ1n) is 9.52. The van der Waals surface area contributed by atoms with Crippen molar-refractivity contribution in [3.8, 4) is 0 Å². The van der Waals surface area contributed by atoms with Gasteiger partial charge in [0.15, 0.2) is 0 Å². The molecule has 5 heteroatoms. The molecule has 25 heavy (non-hydrogen) atoms. The quantitative estimate of drug-likeness (QED) is 0.410. The maximum absolute atomic E-state index is 10.9. The molecule has 0 aliphatic heterocycles. The second-order valence-corrected chi connectivity index (χ2v) is 7.59. The predicted molar refractivity (Wildman–Crippen MR) is 110 cm³/mol. The average Bonchev–Trinajstić information content (AvgIpc) is 3.02. The SMILES string of the molecule is CC.CNC1CCCC1C.Nc1cccc(SNC2(C=O)CCC2)c1. The number of carbonyl (C=O) groups excluding carboxylic acids is 1. The molecule has 2 aliphatic rings. The molecule has 0 bridgehead atoms. The number of aldehydes is 1. The van der Waals surface area contributed by atoms with E-state index in [2.05, 4.69) is 24.0 Å². The van der Waals surface area contributed by atoms with Gasteiger partial charge in [0.2, 0.25) is 0 Å². The molecule has 0 saturated heterocycles. The summed E-state index contributed by atoms with van der Waals surface area (Å²) in [6.45, 7) is 6.33. The molecule has 0 aromatic heterocycles. The largest absolute Gasteiger partial charge is 0.399 e. The van der Waals surface area contributed by atoms with E-state index in [1.54, 1.807) is 0 Å². The third-order valence-corrected chi connectivity index (χ3v) is 5.93. The monoisotopic (exact) mass is 365 g/mol. The maximum atomic E-state index is 10.9. The Morgan fingerprint density at radius 2 is 1.96 bits per heavy atom. The molecule has 2 atom stereocenters. The summed E-state index contributed by atoms with van der Waals surface area (Å²) in [5, 5.41) is 3.31. The van der Waals surface area contributed by atoms with Gasteiger partial charge in [0.1, 0.15) is 6.29 Å². The molecule has 4 nitrogen and oxygen atoms in total. The minimum absolute atomic E-state index is 0.296. The molecule has 0 heterocycles. The van der Waals surface area contributed by atoms with E-state index in [9.17, 15) is 4.79 Å². The second kappa shape index (κ2) is 11.6. The Balaban J connectivity index is 0.000000264. The fraction of sp³-hybridized carbons (Fsp3) is 0.650. The number of rotatable bonds is 5. The first-order chi connectivity index (χ1) is 12.1. The van der Waals surface area contributed by atoms with Gasteiger partial charge in [0.25, 0.3) is 0 Å². The number of hydrogen-bond acceptors (Lipinski definition) is 5. The summed E-state index contributed by atoms with van der Waals surface area (Å²) >= 11 is 1.48. The van der Waals surface area contributed by atoms with Crippen LogP contribution in [0.5, 0.6) is 0 Å². The van der Waals surface area contributed by atoms with Crippen LogP contribution in [-0.2, 0) is 4.79 Å². The molecular weight excluding hydrogens is 330 g/mol. The lowest BCUT2D eigenvalue weighted by Gasteiger charge is -2.36. The van der Waals surface area contributed by atoms with Crippen molar-refractivity contribution in [1.82, 2.24) is 10.0 Å². The highest BCUT2D eigenvalue weighted by molar-refractivity contribution is 7.97. The van der Waals surface area contributed by atoms with Crippen molar-refractivity contribution in [2.75, 3.05) is 12.8 Å². The molecule has 2 saturated carbocycles. The molecule has 2 fully saturated rings. The third-order valence-electron chi connectivity index (χ3n) is 4.93. The van der Waals surface area contributed by atoms with Crippen LogP contribution in [-0.4, -0.2) is 24.9 Å². The number of benzene rings is 1. The van der Waals surface area contributed by atoms with Crippen molar-refractivity contribution in [1.29, 1.82) is 0 Å². The standard InChI is InChI=1S/C11H14N2OS.C7H15N.C2H6/c12-9-3-1-4-10(7-9)15-13-11(8-14)5-2-6-11;1-6-4-3-5-7(6)8-2;1-2/h1,3-4,7-8,13H,2,5-6,12H2;6-8H,3-5H2,1-2H3;1-2H3. The number of carbonyl (C=O) groups is 1. The van der Waals surface area contributed by atoms with Crippen LogP contribution >= 0.6 is 11.9 Å². The van der Waals surface area contributed by atoms with E-state index in [1.165, 1.54) is 31.2 Å². The number of nitrogen functional groups attached to an aromatic ring is 1. The predicted octanol–water partition coefficient (Wildman–Crippen LogP) is 4.41. The van der Waals surface area contributed by atoms with E-state index in [0.29, 0.717) is 0 Å². The Hall–Kier alpha value is -1.04. The zero-order valence-electron chi connectivity index (χ0n) is 16.2. The van der Waals surface area contributed by atoms with Gasteiger partial charge in [0.05, 0.1) is 5.54 Å². The lowest BCUT2D eigenvalue weighted by Crippen LogP contribution is -2.49. The molecule has 2 unspecified atom stereocenters. The summed E-state index contributed by atoms with van der Waals surface area (Å²) in [5.41, 5.74) is 6.12. The number of anilines is 1. The van der Waals surface area contributed by atoms with Crippen molar-refractivity contribution in [3.63, 3.8) is 0 Å². The zero-order chi connectivity index (χ0) is 18.7.